The third-order valence-electron chi connectivity index (χ3n) is 5.32. The maximum atomic E-state index is 2.53. The van der Waals surface area contributed by atoms with Crippen molar-refractivity contribution in [3.05, 3.63) is 18.2 Å². The molecule has 0 spiro atoms. The Morgan fingerprint density at radius 1 is 0.680 bits per heavy atom. The van der Waals surface area contributed by atoms with E-state index in [4.69, 9.17) is 0 Å². The average molecular weight is 350 g/mol. The number of nitrogens with zero attached hydrogens (tertiary/aromatic N) is 2. The normalized spacial score (nSPS) is 11.3. The summed E-state index contributed by atoms with van der Waals surface area (Å²) >= 11 is 0. The Labute approximate surface area is 158 Å². The van der Waals surface area contributed by atoms with Crippen LogP contribution in [0.4, 0.5) is 0 Å². The van der Waals surface area contributed by atoms with Gasteiger partial charge in [0.2, 0.25) is 0 Å². The van der Waals surface area contributed by atoms with Gasteiger partial charge in [0.1, 0.15) is 12.4 Å². The van der Waals surface area contributed by atoms with Crippen molar-refractivity contribution in [2.24, 2.45) is 0 Å². The molecule has 1 aromatic rings. The van der Waals surface area contributed by atoms with Gasteiger partial charge in [-0.3, -0.25) is 0 Å². The van der Waals surface area contributed by atoms with Crippen molar-refractivity contribution in [2.75, 3.05) is 0 Å². The van der Waals surface area contributed by atoms with Crippen LogP contribution >= 0.6 is 0 Å². The molecule has 0 atom stereocenters. The molecule has 0 fully saturated rings. The monoisotopic (exact) mass is 349 g/mol. The number of aryl methyl sites for hydroxylation is 2. The fourth-order valence-corrected chi connectivity index (χ4v) is 3.72. The quantitative estimate of drug-likeness (QED) is 0.215. The highest BCUT2D eigenvalue weighted by Crippen LogP contribution is 2.10. The van der Waals surface area contributed by atoms with Gasteiger partial charge in [-0.1, -0.05) is 78.6 Å². The predicted molar refractivity (Wildman–Crippen MR) is 110 cm³/mol. The first-order valence-electron chi connectivity index (χ1n) is 11.4. The molecule has 1 aromatic heterocycles. The summed E-state index contributed by atoms with van der Waals surface area (Å²) in [4.78, 5) is 0. The van der Waals surface area contributed by atoms with E-state index >= 15 is 0 Å². The van der Waals surface area contributed by atoms with Crippen LogP contribution in [0.3, 0.4) is 0 Å². The number of hydrogen-bond donors (Lipinski definition) is 0. The molecule has 2 nitrogen and oxygen atoms in total. The van der Waals surface area contributed by atoms with E-state index in [1.165, 1.54) is 109 Å². The molecule has 0 aliphatic rings. The fourth-order valence-electron chi connectivity index (χ4n) is 3.72. The zero-order valence-corrected chi connectivity index (χ0v) is 17.6. The third kappa shape index (κ3) is 10.1. The van der Waals surface area contributed by atoms with Gasteiger partial charge in [-0.05, 0) is 32.1 Å². The topological polar surface area (TPSA) is 8.81 Å². The first kappa shape index (κ1) is 22.3. The molecule has 146 valence electrons. The van der Waals surface area contributed by atoms with Crippen LogP contribution in [0.2, 0.25) is 0 Å². The highest BCUT2D eigenvalue weighted by molar-refractivity contribution is 4.84. The molecular formula is C23H45N2+. The minimum absolute atomic E-state index is 1.21. The van der Waals surface area contributed by atoms with Crippen LogP contribution in [0.5, 0.6) is 0 Å². The number of imidazole rings is 1. The molecule has 2 heteroatoms. The van der Waals surface area contributed by atoms with Crippen LogP contribution in [-0.4, -0.2) is 4.57 Å². The van der Waals surface area contributed by atoms with Crippen LogP contribution in [0, 0.1) is 0 Å². The maximum absolute atomic E-state index is 2.53. The summed E-state index contributed by atoms with van der Waals surface area (Å²) in [5, 5.41) is 0. The summed E-state index contributed by atoms with van der Waals surface area (Å²) in [5.74, 6) is 1.55. The van der Waals surface area contributed by atoms with Gasteiger partial charge in [0.15, 0.2) is 0 Å². The molecule has 0 saturated carbocycles. The molecule has 0 aliphatic carbocycles. The lowest BCUT2D eigenvalue weighted by molar-refractivity contribution is -0.704. The van der Waals surface area contributed by atoms with E-state index in [1.54, 1.807) is 5.82 Å². The number of rotatable bonds is 17. The molecule has 25 heavy (non-hydrogen) atoms. The van der Waals surface area contributed by atoms with Gasteiger partial charge in [0.05, 0.1) is 13.1 Å². The van der Waals surface area contributed by atoms with Crippen molar-refractivity contribution in [3.8, 4) is 0 Å². The lowest BCUT2D eigenvalue weighted by Crippen LogP contribution is -2.37. The summed E-state index contributed by atoms with van der Waals surface area (Å²) in [7, 11) is 0. The Kier molecular flexibility index (Phi) is 13.8. The second-order valence-corrected chi connectivity index (χ2v) is 7.74. The predicted octanol–water partition coefficient (Wildman–Crippen LogP) is 6.84. The highest BCUT2D eigenvalue weighted by Gasteiger charge is 2.15. The largest absolute Gasteiger partial charge is 0.256 e. The molecule has 0 aromatic carbocycles. The van der Waals surface area contributed by atoms with Crippen molar-refractivity contribution in [2.45, 2.75) is 130 Å². The Morgan fingerprint density at radius 3 is 1.84 bits per heavy atom. The Hall–Kier alpha value is -0.790. The maximum Gasteiger partial charge on any atom is 0.256 e. The first-order valence-corrected chi connectivity index (χ1v) is 11.4. The van der Waals surface area contributed by atoms with Gasteiger partial charge >= 0.3 is 0 Å². The van der Waals surface area contributed by atoms with Crippen LogP contribution < -0.4 is 4.57 Å². The first-order chi connectivity index (χ1) is 12.3. The summed E-state index contributed by atoms with van der Waals surface area (Å²) in [6.07, 6.45) is 25.2. The van der Waals surface area contributed by atoms with Crippen molar-refractivity contribution < 1.29 is 4.57 Å². The third-order valence-corrected chi connectivity index (χ3v) is 5.32. The molecule has 0 saturated heterocycles. The van der Waals surface area contributed by atoms with Crippen molar-refractivity contribution in [1.29, 1.82) is 0 Å². The standard InChI is InChI=1S/C23H45N2/c1-4-7-9-11-12-13-14-15-17-20-25-22-21-24(23(25)18-6-3)19-16-10-8-5-2/h21-22H,4-20H2,1-3H3/q+1. The van der Waals surface area contributed by atoms with E-state index < -0.39 is 0 Å². The zero-order chi connectivity index (χ0) is 18.2. The molecule has 0 aliphatic heterocycles. The lowest BCUT2D eigenvalue weighted by atomic mass is 10.1. The molecule has 0 unspecified atom stereocenters. The summed E-state index contributed by atoms with van der Waals surface area (Å²) in [5.41, 5.74) is 0. The van der Waals surface area contributed by atoms with E-state index in [0.29, 0.717) is 0 Å². The molecule has 0 radical (unpaired) electrons. The molecule has 1 heterocycles. The number of aromatic nitrogens is 2. The number of hydrogen-bond acceptors (Lipinski definition) is 0. The molecule has 1 rings (SSSR count). The van der Waals surface area contributed by atoms with Gasteiger partial charge in [0.25, 0.3) is 5.82 Å². The molecule has 0 bridgehead atoms. The minimum Gasteiger partial charge on any atom is -0.234 e. The second kappa shape index (κ2) is 15.5. The summed E-state index contributed by atoms with van der Waals surface area (Å²) in [6, 6.07) is 0. The van der Waals surface area contributed by atoms with E-state index in [-0.39, 0.29) is 0 Å². The molecule has 0 N–H and O–H groups in total. The lowest BCUT2D eigenvalue weighted by Gasteiger charge is -2.05. The van der Waals surface area contributed by atoms with E-state index in [0.717, 1.165) is 0 Å². The van der Waals surface area contributed by atoms with Crippen LogP contribution in [-0.2, 0) is 19.5 Å². The summed E-state index contributed by atoms with van der Waals surface area (Å²) < 4.78 is 5.05. The van der Waals surface area contributed by atoms with Crippen LogP contribution in [0.1, 0.15) is 116 Å². The van der Waals surface area contributed by atoms with Crippen molar-refractivity contribution in [3.63, 3.8) is 0 Å². The van der Waals surface area contributed by atoms with E-state index in [2.05, 4.69) is 42.3 Å². The Morgan fingerprint density at radius 2 is 1.24 bits per heavy atom. The second-order valence-electron chi connectivity index (χ2n) is 7.74. The van der Waals surface area contributed by atoms with Gasteiger partial charge in [-0.25, -0.2) is 9.13 Å². The molecular weight excluding hydrogens is 304 g/mol. The van der Waals surface area contributed by atoms with E-state index in [1.807, 2.05) is 0 Å². The smallest absolute Gasteiger partial charge is 0.234 e. The number of unbranched alkanes of at least 4 members (excludes halogenated alkanes) is 11. The SMILES string of the molecule is CCCCCCCCCCC[n+]1ccn(CCCCCC)c1CCC. The highest BCUT2D eigenvalue weighted by atomic mass is 15.1. The fraction of sp³-hybridized carbons (Fsp3) is 0.870. The average Bonchev–Trinajstić information content (AvgIpc) is 3.00. The van der Waals surface area contributed by atoms with Crippen molar-refractivity contribution >= 4 is 0 Å². The van der Waals surface area contributed by atoms with E-state index in [9.17, 15) is 0 Å². The van der Waals surface area contributed by atoms with Gasteiger partial charge in [0, 0.05) is 6.42 Å². The van der Waals surface area contributed by atoms with Crippen molar-refractivity contribution in [1.82, 2.24) is 4.57 Å². The van der Waals surface area contributed by atoms with Gasteiger partial charge in [-0.2, -0.15) is 0 Å². The van der Waals surface area contributed by atoms with Crippen LogP contribution in [0.15, 0.2) is 12.4 Å². The summed E-state index contributed by atoms with van der Waals surface area (Å²) in [6.45, 7) is 9.31. The minimum atomic E-state index is 1.21. The Balaban J connectivity index is 2.24. The van der Waals surface area contributed by atoms with Crippen LogP contribution in [0.25, 0.3) is 0 Å². The Bertz CT molecular complexity index is 408. The molecule has 0 amide bonds. The van der Waals surface area contributed by atoms with Gasteiger partial charge in [-0.15, -0.1) is 0 Å². The van der Waals surface area contributed by atoms with Gasteiger partial charge < -0.3 is 0 Å². The zero-order valence-electron chi connectivity index (χ0n) is 17.6.